The molecule has 1 aromatic rings. The summed E-state index contributed by atoms with van der Waals surface area (Å²) in [6.07, 6.45) is 1.78. The Labute approximate surface area is 85.2 Å². The lowest BCUT2D eigenvalue weighted by Gasteiger charge is -2.21. The van der Waals surface area contributed by atoms with Crippen LogP contribution in [0.2, 0.25) is 0 Å². The number of nitrogens with zero attached hydrogens (tertiary/aromatic N) is 1. The number of rotatable bonds is 4. The molecule has 0 spiro atoms. The molecular weight excluding hydrogens is 176 g/mol. The van der Waals surface area contributed by atoms with Gasteiger partial charge in [0, 0.05) is 18.8 Å². The summed E-state index contributed by atoms with van der Waals surface area (Å²) in [7, 11) is 0. The highest BCUT2D eigenvalue weighted by Gasteiger charge is 2.14. The Morgan fingerprint density at radius 1 is 1.50 bits per heavy atom. The Hall–Kier alpha value is -0.930. The molecule has 0 saturated heterocycles. The van der Waals surface area contributed by atoms with Crippen LogP contribution in [0.1, 0.15) is 32.5 Å². The molecule has 78 valence electrons. The minimum atomic E-state index is -0.678. The standard InChI is InChI=1S/C11H18N2O/c1-9(13-8-11(2,3)14)10-6-4-5-7-12-10/h4-7,9,13-14H,8H2,1-3H3/t9-/m1/s1. The van der Waals surface area contributed by atoms with E-state index in [2.05, 4.69) is 10.3 Å². The summed E-state index contributed by atoms with van der Waals surface area (Å²) < 4.78 is 0. The molecule has 0 unspecified atom stereocenters. The Bertz CT molecular complexity index is 266. The summed E-state index contributed by atoms with van der Waals surface area (Å²) in [4.78, 5) is 4.24. The van der Waals surface area contributed by atoms with Crippen LogP contribution < -0.4 is 5.32 Å². The molecule has 0 saturated carbocycles. The first-order chi connectivity index (χ1) is 6.49. The summed E-state index contributed by atoms with van der Waals surface area (Å²) in [6.45, 7) is 6.16. The molecular formula is C11H18N2O. The van der Waals surface area contributed by atoms with Crippen molar-refractivity contribution >= 4 is 0 Å². The lowest BCUT2D eigenvalue weighted by molar-refractivity contribution is 0.0769. The number of pyridine rings is 1. The Morgan fingerprint density at radius 3 is 2.71 bits per heavy atom. The zero-order valence-electron chi connectivity index (χ0n) is 8.99. The van der Waals surface area contributed by atoms with E-state index in [0.29, 0.717) is 6.54 Å². The van der Waals surface area contributed by atoms with Crippen LogP contribution in [0.3, 0.4) is 0 Å². The maximum atomic E-state index is 9.53. The third-order valence-corrected chi connectivity index (χ3v) is 1.97. The maximum absolute atomic E-state index is 9.53. The molecule has 0 radical (unpaired) electrons. The van der Waals surface area contributed by atoms with Gasteiger partial charge in [0.2, 0.25) is 0 Å². The smallest absolute Gasteiger partial charge is 0.0715 e. The van der Waals surface area contributed by atoms with Crippen molar-refractivity contribution in [3.8, 4) is 0 Å². The van der Waals surface area contributed by atoms with E-state index in [1.54, 1.807) is 20.0 Å². The summed E-state index contributed by atoms with van der Waals surface area (Å²) in [6, 6.07) is 6.00. The lowest BCUT2D eigenvalue weighted by atomic mass is 10.1. The molecule has 1 heterocycles. The SMILES string of the molecule is C[C@@H](NCC(C)(C)O)c1ccccn1. The molecule has 2 N–H and O–H groups in total. The van der Waals surface area contributed by atoms with Crippen LogP contribution in [0.4, 0.5) is 0 Å². The Morgan fingerprint density at radius 2 is 2.21 bits per heavy atom. The van der Waals surface area contributed by atoms with Crippen LogP contribution >= 0.6 is 0 Å². The van der Waals surface area contributed by atoms with Crippen molar-refractivity contribution in [3.63, 3.8) is 0 Å². The van der Waals surface area contributed by atoms with Gasteiger partial charge in [0.05, 0.1) is 11.3 Å². The van der Waals surface area contributed by atoms with Crippen molar-refractivity contribution in [1.82, 2.24) is 10.3 Å². The zero-order chi connectivity index (χ0) is 10.6. The van der Waals surface area contributed by atoms with E-state index in [9.17, 15) is 5.11 Å². The van der Waals surface area contributed by atoms with Gasteiger partial charge >= 0.3 is 0 Å². The largest absolute Gasteiger partial charge is 0.389 e. The van der Waals surface area contributed by atoms with Gasteiger partial charge in [0.1, 0.15) is 0 Å². The molecule has 1 aromatic heterocycles. The first-order valence-corrected chi connectivity index (χ1v) is 4.86. The van der Waals surface area contributed by atoms with Crippen LogP contribution in [0.15, 0.2) is 24.4 Å². The number of hydrogen-bond donors (Lipinski definition) is 2. The molecule has 0 aliphatic rings. The molecule has 0 aliphatic heterocycles. The number of hydrogen-bond acceptors (Lipinski definition) is 3. The van der Waals surface area contributed by atoms with Gasteiger partial charge < -0.3 is 10.4 Å². The fourth-order valence-corrected chi connectivity index (χ4v) is 1.14. The van der Waals surface area contributed by atoms with Crippen LogP contribution in [-0.2, 0) is 0 Å². The van der Waals surface area contributed by atoms with Crippen molar-refractivity contribution in [2.24, 2.45) is 0 Å². The fraction of sp³-hybridized carbons (Fsp3) is 0.545. The second-order valence-electron chi connectivity index (χ2n) is 4.17. The first-order valence-electron chi connectivity index (χ1n) is 4.86. The highest BCUT2D eigenvalue weighted by Crippen LogP contribution is 2.09. The lowest BCUT2D eigenvalue weighted by Crippen LogP contribution is -2.36. The third kappa shape index (κ3) is 3.85. The highest BCUT2D eigenvalue weighted by atomic mass is 16.3. The van der Waals surface area contributed by atoms with Gasteiger partial charge in [-0.3, -0.25) is 4.98 Å². The van der Waals surface area contributed by atoms with Gasteiger partial charge in [0.15, 0.2) is 0 Å². The average molecular weight is 194 g/mol. The average Bonchev–Trinajstić information content (AvgIpc) is 2.14. The molecule has 0 aliphatic carbocycles. The third-order valence-electron chi connectivity index (χ3n) is 1.97. The summed E-state index contributed by atoms with van der Waals surface area (Å²) >= 11 is 0. The maximum Gasteiger partial charge on any atom is 0.0715 e. The van der Waals surface area contributed by atoms with Crippen molar-refractivity contribution < 1.29 is 5.11 Å². The molecule has 1 rings (SSSR count). The zero-order valence-corrected chi connectivity index (χ0v) is 8.99. The van der Waals surface area contributed by atoms with Crippen LogP contribution in [0.25, 0.3) is 0 Å². The van der Waals surface area contributed by atoms with Gasteiger partial charge in [-0.2, -0.15) is 0 Å². The van der Waals surface area contributed by atoms with Crippen molar-refractivity contribution in [2.75, 3.05) is 6.54 Å². The summed E-state index contributed by atoms with van der Waals surface area (Å²) in [5.74, 6) is 0. The summed E-state index contributed by atoms with van der Waals surface area (Å²) in [5.41, 5.74) is 0.319. The highest BCUT2D eigenvalue weighted by molar-refractivity contribution is 5.07. The van der Waals surface area contributed by atoms with Crippen molar-refractivity contribution in [2.45, 2.75) is 32.4 Å². The second-order valence-corrected chi connectivity index (χ2v) is 4.17. The van der Waals surface area contributed by atoms with Crippen molar-refractivity contribution in [3.05, 3.63) is 30.1 Å². The number of aromatic nitrogens is 1. The van der Waals surface area contributed by atoms with E-state index in [0.717, 1.165) is 5.69 Å². The van der Waals surface area contributed by atoms with E-state index < -0.39 is 5.60 Å². The van der Waals surface area contributed by atoms with E-state index in [1.807, 2.05) is 25.1 Å². The molecule has 0 fully saturated rings. The Balaban J connectivity index is 2.48. The molecule has 3 heteroatoms. The number of nitrogens with one attached hydrogen (secondary N) is 1. The quantitative estimate of drug-likeness (QED) is 0.763. The van der Waals surface area contributed by atoms with Crippen LogP contribution in [0, 0.1) is 0 Å². The minimum absolute atomic E-state index is 0.169. The molecule has 1 atom stereocenters. The van der Waals surface area contributed by atoms with E-state index in [1.165, 1.54) is 0 Å². The van der Waals surface area contributed by atoms with E-state index in [-0.39, 0.29) is 6.04 Å². The van der Waals surface area contributed by atoms with Gasteiger partial charge in [-0.05, 0) is 32.9 Å². The molecule has 3 nitrogen and oxygen atoms in total. The second kappa shape index (κ2) is 4.53. The molecule has 0 bridgehead atoms. The fourth-order valence-electron chi connectivity index (χ4n) is 1.14. The van der Waals surface area contributed by atoms with Crippen LogP contribution in [0.5, 0.6) is 0 Å². The predicted octanol–water partition coefficient (Wildman–Crippen LogP) is 1.50. The molecule has 0 amide bonds. The van der Waals surface area contributed by atoms with Gasteiger partial charge in [-0.1, -0.05) is 6.07 Å². The first kappa shape index (κ1) is 11.1. The van der Waals surface area contributed by atoms with Crippen LogP contribution in [-0.4, -0.2) is 22.2 Å². The van der Waals surface area contributed by atoms with Crippen molar-refractivity contribution in [1.29, 1.82) is 0 Å². The molecule has 14 heavy (non-hydrogen) atoms. The monoisotopic (exact) mass is 194 g/mol. The van der Waals surface area contributed by atoms with E-state index >= 15 is 0 Å². The van der Waals surface area contributed by atoms with E-state index in [4.69, 9.17) is 0 Å². The van der Waals surface area contributed by atoms with Gasteiger partial charge in [-0.15, -0.1) is 0 Å². The predicted molar refractivity (Wildman–Crippen MR) is 57.0 cm³/mol. The number of aliphatic hydroxyl groups is 1. The molecule has 0 aromatic carbocycles. The Kier molecular flexibility index (Phi) is 3.61. The summed E-state index contributed by atoms with van der Waals surface area (Å²) in [5, 5.41) is 12.8. The normalized spacial score (nSPS) is 14.0. The minimum Gasteiger partial charge on any atom is -0.389 e. The van der Waals surface area contributed by atoms with Gasteiger partial charge in [0.25, 0.3) is 0 Å². The topological polar surface area (TPSA) is 45.1 Å². The van der Waals surface area contributed by atoms with Gasteiger partial charge in [-0.25, -0.2) is 0 Å².